The third kappa shape index (κ3) is 5.13. The van der Waals surface area contributed by atoms with Gasteiger partial charge in [0.1, 0.15) is 23.9 Å². The molecule has 0 radical (unpaired) electrons. The lowest BCUT2D eigenvalue weighted by Gasteiger charge is -2.19. The fraction of sp³-hybridized carbons (Fsp3) is 0.208. The second-order valence-electron chi connectivity index (χ2n) is 6.81. The van der Waals surface area contributed by atoms with Crippen LogP contribution >= 0.6 is 0 Å². The number of rotatable bonds is 7. The van der Waals surface area contributed by atoms with Crippen LogP contribution in [0.25, 0.3) is 0 Å². The second-order valence-corrected chi connectivity index (χ2v) is 6.81. The minimum absolute atomic E-state index is 0.101. The summed E-state index contributed by atoms with van der Waals surface area (Å²) in [6, 6.07) is 22.8. The van der Waals surface area contributed by atoms with Crippen molar-refractivity contribution in [2.45, 2.75) is 13.8 Å². The molecule has 0 spiro atoms. The molecule has 4 heteroatoms. The zero-order chi connectivity index (χ0) is 19.9. The number of hydrogen-bond acceptors (Lipinski definition) is 3. The van der Waals surface area contributed by atoms with Gasteiger partial charge in [0.05, 0.1) is 12.1 Å². The number of benzene rings is 3. The minimum atomic E-state index is -0.101. The largest absolute Gasteiger partial charge is 0.492 e. The molecule has 0 aliphatic carbocycles. The van der Waals surface area contributed by atoms with Gasteiger partial charge in [-0.05, 0) is 61.4 Å². The molecule has 0 saturated heterocycles. The number of nitrogens with zero attached hydrogens (tertiary/aromatic N) is 1. The fourth-order valence-electron chi connectivity index (χ4n) is 2.97. The van der Waals surface area contributed by atoms with E-state index in [1.807, 2.05) is 68.4 Å². The quantitative estimate of drug-likeness (QED) is 0.566. The first-order valence-electron chi connectivity index (χ1n) is 9.31. The zero-order valence-corrected chi connectivity index (χ0v) is 16.5. The molecule has 0 atom stereocenters. The molecule has 0 aromatic heterocycles. The molecular weight excluding hydrogens is 350 g/mol. The van der Waals surface area contributed by atoms with Crippen molar-refractivity contribution in [1.82, 2.24) is 4.90 Å². The van der Waals surface area contributed by atoms with Gasteiger partial charge in [-0.3, -0.25) is 4.79 Å². The Morgan fingerprint density at radius 1 is 0.857 bits per heavy atom. The molecule has 3 rings (SSSR count). The van der Waals surface area contributed by atoms with E-state index in [1.54, 1.807) is 24.1 Å². The molecule has 3 aromatic carbocycles. The summed E-state index contributed by atoms with van der Waals surface area (Å²) in [7, 11) is 1.77. The molecule has 3 aromatic rings. The van der Waals surface area contributed by atoms with E-state index in [4.69, 9.17) is 9.47 Å². The first kappa shape index (κ1) is 19.5. The summed E-state index contributed by atoms with van der Waals surface area (Å²) >= 11 is 0. The van der Waals surface area contributed by atoms with Gasteiger partial charge in [-0.1, -0.05) is 36.4 Å². The third-order valence-corrected chi connectivity index (χ3v) is 4.33. The Bertz CT molecular complexity index is 917. The molecule has 28 heavy (non-hydrogen) atoms. The molecule has 0 N–H and O–H groups in total. The predicted molar refractivity (Wildman–Crippen MR) is 111 cm³/mol. The van der Waals surface area contributed by atoms with Crippen LogP contribution in [0.3, 0.4) is 0 Å². The number of carbonyl (C=O) groups is 1. The van der Waals surface area contributed by atoms with Crippen LogP contribution in [-0.4, -0.2) is 31.0 Å². The lowest BCUT2D eigenvalue weighted by Crippen LogP contribution is -2.31. The highest BCUT2D eigenvalue weighted by molar-refractivity contribution is 5.96. The predicted octanol–water partition coefficient (Wildman–Crippen LogP) is 5.25. The Hall–Kier alpha value is -3.27. The van der Waals surface area contributed by atoms with E-state index in [0.717, 1.165) is 16.9 Å². The Morgan fingerprint density at radius 2 is 1.50 bits per heavy atom. The molecule has 1 amide bonds. The molecule has 144 valence electrons. The summed E-state index contributed by atoms with van der Waals surface area (Å²) in [6.07, 6.45) is 0. The molecule has 0 heterocycles. The number of para-hydroxylation sites is 2. The number of amides is 1. The van der Waals surface area contributed by atoms with Crippen molar-refractivity contribution >= 4 is 5.91 Å². The zero-order valence-electron chi connectivity index (χ0n) is 16.5. The second kappa shape index (κ2) is 9.09. The van der Waals surface area contributed by atoms with Crippen LogP contribution in [-0.2, 0) is 0 Å². The van der Waals surface area contributed by atoms with Gasteiger partial charge in [-0.15, -0.1) is 0 Å². The van der Waals surface area contributed by atoms with Crippen LogP contribution in [0.1, 0.15) is 21.5 Å². The summed E-state index contributed by atoms with van der Waals surface area (Å²) in [5, 5.41) is 0. The first-order chi connectivity index (χ1) is 13.5. The molecule has 0 fully saturated rings. The van der Waals surface area contributed by atoms with Crippen LogP contribution in [0.15, 0.2) is 72.8 Å². The van der Waals surface area contributed by atoms with Crippen molar-refractivity contribution < 1.29 is 14.3 Å². The van der Waals surface area contributed by atoms with E-state index in [-0.39, 0.29) is 5.91 Å². The number of hydrogen-bond donors (Lipinski definition) is 0. The van der Waals surface area contributed by atoms with Crippen LogP contribution < -0.4 is 9.47 Å². The van der Waals surface area contributed by atoms with Gasteiger partial charge in [0.25, 0.3) is 5.91 Å². The molecule has 0 bridgehead atoms. The van der Waals surface area contributed by atoms with Crippen molar-refractivity contribution in [3.63, 3.8) is 0 Å². The van der Waals surface area contributed by atoms with E-state index < -0.39 is 0 Å². The van der Waals surface area contributed by atoms with Crippen molar-refractivity contribution in [2.24, 2.45) is 0 Å². The van der Waals surface area contributed by atoms with Crippen molar-refractivity contribution in [3.8, 4) is 17.2 Å². The van der Waals surface area contributed by atoms with Gasteiger partial charge >= 0.3 is 0 Å². The van der Waals surface area contributed by atoms with Gasteiger partial charge in [0.15, 0.2) is 0 Å². The smallest absolute Gasteiger partial charge is 0.257 e. The van der Waals surface area contributed by atoms with E-state index in [2.05, 4.69) is 6.07 Å². The number of likely N-dealkylation sites (N-methyl/N-ethyl adjacent to an activating group) is 1. The van der Waals surface area contributed by atoms with E-state index in [1.165, 1.54) is 0 Å². The molecular formula is C24H25NO3. The van der Waals surface area contributed by atoms with Gasteiger partial charge in [-0.2, -0.15) is 0 Å². The molecule has 0 aliphatic heterocycles. The van der Waals surface area contributed by atoms with Crippen molar-refractivity contribution in [1.29, 1.82) is 0 Å². The van der Waals surface area contributed by atoms with Crippen LogP contribution in [0.5, 0.6) is 17.2 Å². The van der Waals surface area contributed by atoms with Gasteiger partial charge < -0.3 is 14.4 Å². The monoisotopic (exact) mass is 375 g/mol. The summed E-state index contributed by atoms with van der Waals surface area (Å²) in [6.45, 7) is 4.98. The summed E-state index contributed by atoms with van der Waals surface area (Å²) < 4.78 is 11.7. The van der Waals surface area contributed by atoms with Gasteiger partial charge in [-0.25, -0.2) is 0 Å². The molecule has 0 aliphatic rings. The van der Waals surface area contributed by atoms with E-state index in [0.29, 0.717) is 30.2 Å². The normalized spacial score (nSPS) is 10.4. The number of aryl methyl sites for hydroxylation is 2. The maximum Gasteiger partial charge on any atom is 0.257 e. The lowest BCUT2D eigenvalue weighted by atomic mass is 10.1. The Kier molecular flexibility index (Phi) is 6.33. The van der Waals surface area contributed by atoms with E-state index in [9.17, 15) is 4.79 Å². The highest BCUT2D eigenvalue weighted by atomic mass is 16.5. The fourth-order valence-corrected chi connectivity index (χ4v) is 2.97. The standard InChI is InChI=1S/C24H25NO3/c1-18-15-19(2)17-21(16-18)27-14-13-25(3)24(26)22-11-7-8-12-23(22)28-20-9-5-4-6-10-20/h4-12,15-17H,13-14H2,1-3H3. The Balaban J connectivity index is 1.63. The molecule has 4 nitrogen and oxygen atoms in total. The van der Waals surface area contributed by atoms with Crippen molar-refractivity contribution in [3.05, 3.63) is 89.5 Å². The third-order valence-electron chi connectivity index (χ3n) is 4.33. The lowest BCUT2D eigenvalue weighted by molar-refractivity contribution is 0.0771. The Labute approximate surface area is 166 Å². The highest BCUT2D eigenvalue weighted by Gasteiger charge is 2.17. The summed E-state index contributed by atoms with van der Waals surface area (Å²) in [5.74, 6) is 1.96. The van der Waals surface area contributed by atoms with Gasteiger partial charge in [0, 0.05) is 7.05 Å². The average molecular weight is 375 g/mol. The van der Waals surface area contributed by atoms with Crippen LogP contribution in [0, 0.1) is 13.8 Å². The minimum Gasteiger partial charge on any atom is -0.492 e. The molecule has 0 unspecified atom stereocenters. The molecule has 0 saturated carbocycles. The average Bonchev–Trinajstić information content (AvgIpc) is 2.68. The number of carbonyl (C=O) groups excluding carboxylic acids is 1. The van der Waals surface area contributed by atoms with Crippen LogP contribution in [0.4, 0.5) is 0 Å². The summed E-state index contributed by atoms with van der Waals surface area (Å²) in [4.78, 5) is 14.5. The Morgan fingerprint density at radius 3 is 2.21 bits per heavy atom. The van der Waals surface area contributed by atoms with Gasteiger partial charge in [0.2, 0.25) is 0 Å². The highest BCUT2D eigenvalue weighted by Crippen LogP contribution is 2.26. The first-order valence-corrected chi connectivity index (χ1v) is 9.31. The van der Waals surface area contributed by atoms with E-state index >= 15 is 0 Å². The topological polar surface area (TPSA) is 38.8 Å². The summed E-state index contributed by atoms with van der Waals surface area (Å²) in [5.41, 5.74) is 2.85. The SMILES string of the molecule is Cc1cc(C)cc(OCCN(C)C(=O)c2ccccc2Oc2ccccc2)c1. The maximum absolute atomic E-state index is 12.9. The van der Waals surface area contributed by atoms with Crippen LogP contribution in [0.2, 0.25) is 0 Å². The maximum atomic E-state index is 12.9. The number of ether oxygens (including phenoxy) is 2. The van der Waals surface area contributed by atoms with Crippen molar-refractivity contribution in [2.75, 3.05) is 20.2 Å².